The highest BCUT2D eigenvalue weighted by atomic mass is 16.5. The molecule has 0 saturated carbocycles. The highest BCUT2D eigenvalue weighted by Gasteiger charge is 1.98. The summed E-state index contributed by atoms with van der Waals surface area (Å²) < 4.78 is 9.85. The van der Waals surface area contributed by atoms with Crippen LogP contribution in [0.3, 0.4) is 0 Å². The molecular weight excluding hydrogens is 218 g/mol. The minimum atomic E-state index is -0.186. The van der Waals surface area contributed by atoms with Crippen molar-refractivity contribution >= 4 is 17.9 Å². The summed E-state index contributed by atoms with van der Waals surface area (Å²) in [5.41, 5.74) is 0.842. The van der Waals surface area contributed by atoms with Gasteiger partial charge in [0.1, 0.15) is 5.75 Å². The summed E-state index contributed by atoms with van der Waals surface area (Å²) in [5.74, 6) is 0.615. The van der Waals surface area contributed by atoms with E-state index in [1.165, 1.54) is 0 Å². The topological polar surface area (TPSA) is 47.9 Å². The maximum atomic E-state index is 11.0. The van der Waals surface area contributed by atoms with Crippen LogP contribution in [0.5, 0.6) is 5.75 Å². The van der Waals surface area contributed by atoms with Crippen LogP contribution in [0.2, 0.25) is 0 Å². The van der Waals surface area contributed by atoms with Crippen LogP contribution in [0, 0.1) is 0 Å². The second kappa shape index (κ2) is 7.44. The van der Waals surface area contributed by atoms with E-state index in [1.54, 1.807) is 20.2 Å². The second-order valence-corrected chi connectivity index (χ2v) is 3.35. The number of methoxy groups -OCH3 is 1. The Hall–Kier alpha value is -1.84. The maximum Gasteiger partial charge on any atom is 0.306 e. The molecule has 92 valence electrons. The Labute approximate surface area is 101 Å². The number of carbonyl (C=O) groups is 1. The number of carbonyl (C=O) groups excluding carboxylic acids is 1. The van der Waals surface area contributed by atoms with Crippen LogP contribution >= 0.6 is 0 Å². The normalized spacial score (nSPS) is 10.5. The predicted molar refractivity (Wildman–Crippen MR) is 67.0 cm³/mol. The summed E-state index contributed by atoms with van der Waals surface area (Å²) in [6.45, 7) is 2.22. The van der Waals surface area contributed by atoms with Crippen LogP contribution in [0.25, 0.3) is 0 Å². The van der Waals surface area contributed by atoms with Crippen molar-refractivity contribution < 1.29 is 14.3 Å². The third-order valence-electron chi connectivity index (χ3n) is 2.10. The Morgan fingerprint density at radius 2 is 2.06 bits per heavy atom. The van der Waals surface area contributed by atoms with Crippen molar-refractivity contribution in [1.29, 1.82) is 0 Å². The molecule has 1 rings (SSSR count). The first-order chi connectivity index (χ1) is 8.26. The van der Waals surface area contributed by atoms with Crippen LogP contribution in [0.1, 0.15) is 19.8 Å². The van der Waals surface area contributed by atoms with Gasteiger partial charge in [0.2, 0.25) is 0 Å². The van der Waals surface area contributed by atoms with E-state index < -0.39 is 0 Å². The lowest BCUT2D eigenvalue weighted by atomic mass is 10.3. The molecule has 0 atom stereocenters. The fourth-order valence-electron chi connectivity index (χ4n) is 1.25. The molecule has 0 bridgehead atoms. The molecule has 0 N–H and O–H groups in total. The Bertz CT molecular complexity index is 371. The van der Waals surface area contributed by atoms with Crippen molar-refractivity contribution in [3.63, 3.8) is 0 Å². The zero-order chi connectivity index (χ0) is 12.5. The molecule has 4 nitrogen and oxygen atoms in total. The number of rotatable bonds is 6. The van der Waals surface area contributed by atoms with E-state index in [1.807, 2.05) is 24.3 Å². The van der Waals surface area contributed by atoms with Gasteiger partial charge in [-0.3, -0.25) is 9.79 Å². The third kappa shape index (κ3) is 5.15. The first-order valence-electron chi connectivity index (χ1n) is 5.58. The average Bonchev–Trinajstić information content (AvgIpc) is 2.36. The van der Waals surface area contributed by atoms with Crippen LogP contribution < -0.4 is 4.74 Å². The molecule has 0 heterocycles. The van der Waals surface area contributed by atoms with Gasteiger partial charge < -0.3 is 9.47 Å². The maximum absolute atomic E-state index is 11.0. The van der Waals surface area contributed by atoms with Crippen LogP contribution in [-0.2, 0) is 9.53 Å². The number of benzene rings is 1. The summed E-state index contributed by atoms with van der Waals surface area (Å²) in [7, 11) is 1.62. The summed E-state index contributed by atoms with van der Waals surface area (Å²) >= 11 is 0. The van der Waals surface area contributed by atoms with Crippen LogP contribution in [0.4, 0.5) is 5.69 Å². The largest absolute Gasteiger partial charge is 0.497 e. The van der Waals surface area contributed by atoms with Gasteiger partial charge in [0.05, 0.1) is 25.8 Å². The van der Waals surface area contributed by atoms with Crippen molar-refractivity contribution in [1.82, 2.24) is 0 Å². The van der Waals surface area contributed by atoms with Crippen LogP contribution in [-0.4, -0.2) is 25.9 Å². The Morgan fingerprint density at radius 3 is 2.65 bits per heavy atom. The molecule has 0 fully saturated rings. The standard InChI is InChI=1S/C13H17NO3/c1-3-17-13(15)5-4-10-14-11-6-8-12(16-2)9-7-11/h6-10H,3-5H2,1-2H3. The number of hydrogen-bond donors (Lipinski definition) is 0. The average molecular weight is 235 g/mol. The second-order valence-electron chi connectivity index (χ2n) is 3.35. The van der Waals surface area contributed by atoms with E-state index in [0.717, 1.165) is 11.4 Å². The summed E-state index contributed by atoms with van der Waals surface area (Å²) in [6.07, 6.45) is 2.68. The lowest BCUT2D eigenvalue weighted by Crippen LogP contribution is -2.03. The van der Waals surface area contributed by atoms with Crippen molar-refractivity contribution in [3.8, 4) is 5.75 Å². The minimum absolute atomic E-state index is 0.186. The van der Waals surface area contributed by atoms with Gasteiger partial charge in [-0.25, -0.2) is 0 Å². The Balaban J connectivity index is 2.35. The lowest BCUT2D eigenvalue weighted by Gasteiger charge is -1.99. The highest BCUT2D eigenvalue weighted by Crippen LogP contribution is 2.17. The van der Waals surface area contributed by atoms with Gasteiger partial charge >= 0.3 is 5.97 Å². The molecule has 0 aliphatic heterocycles. The molecule has 0 spiro atoms. The number of nitrogens with zero attached hydrogens (tertiary/aromatic N) is 1. The quantitative estimate of drug-likeness (QED) is 0.562. The zero-order valence-corrected chi connectivity index (χ0v) is 10.2. The van der Waals surface area contributed by atoms with Gasteiger partial charge in [0.25, 0.3) is 0 Å². The number of esters is 1. The predicted octanol–water partition coefficient (Wildman–Crippen LogP) is 2.74. The van der Waals surface area contributed by atoms with E-state index >= 15 is 0 Å². The fourth-order valence-corrected chi connectivity index (χ4v) is 1.25. The molecule has 1 aromatic carbocycles. The molecule has 0 amide bonds. The first-order valence-corrected chi connectivity index (χ1v) is 5.58. The number of ether oxygens (including phenoxy) is 2. The van der Waals surface area contributed by atoms with Crippen molar-refractivity contribution in [2.75, 3.05) is 13.7 Å². The van der Waals surface area contributed by atoms with Crippen molar-refractivity contribution in [2.24, 2.45) is 4.99 Å². The number of aliphatic imine (C=N–C) groups is 1. The zero-order valence-electron chi connectivity index (χ0n) is 10.2. The minimum Gasteiger partial charge on any atom is -0.497 e. The van der Waals surface area contributed by atoms with Gasteiger partial charge in [-0.05, 0) is 37.6 Å². The van der Waals surface area contributed by atoms with Crippen LogP contribution in [0.15, 0.2) is 29.3 Å². The molecule has 17 heavy (non-hydrogen) atoms. The van der Waals surface area contributed by atoms with E-state index in [2.05, 4.69) is 4.99 Å². The van der Waals surface area contributed by atoms with E-state index in [4.69, 9.17) is 9.47 Å². The van der Waals surface area contributed by atoms with Gasteiger partial charge in [-0.15, -0.1) is 0 Å². The molecule has 0 saturated heterocycles. The highest BCUT2D eigenvalue weighted by molar-refractivity contribution is 5.74. The van der Waals surface area contributed by atoms with E-state index in [9.17, 15) is 4.79 Å². The monoisotopic (exact) mass is 235 g/mol. The smallest absolute Gasteiger partial charge is 0.306 e. The molecule has 4 heteroatoms. The van der Waals surface area contributed by atoms with Gasteiger partial charge in [-0.1, -0.05) is 0 Å². The summed E-state index contributed by atoms with van der Waals surface area (Å²) in [5, 5.41) is 0. The third-order valence-corrected chi connectivity index (χ3v) is 2.10. The van der Waals surface area contributed by atoms with Gasteiger partial charge in [0, 0.05) is 6.21 Å². The van der Waals surface area contributed by atoms with Crippen molar-refractivity contribution in [3.05, 3.63) is 24.3 Å². The molecule has 0 unspecified atom stereocenters. The van der Waals surface area contributed by atoms with Gasteiger partial charge in [-0.2, -0.15) is 0 Å². The molecule has 1 aromatic rings. The summed E-state index contributed by atoms with van der Waals surface area (Å²) in [4.78, 5) is 15.3. The lowest BCUT2D eigenvalue weighted by molar-refractivity contribution is -0.142. The van der Waals surface area contributed by atoms with Crippen molar-refractivity contribution in [2.45, 2.75) is 19.8 Å². The number of hydrogen-bond acceptors (Lipinski definition) is 4. The van der Waals surface area contributed by atoms with Gasteiger partial charge in [0.15, 0.2) is 0 Å². The SMILES string of the molecule is CCOC(=O)CCC=Nc1ccc(OC)cc1. The molecule has 0 radical (unpaired) electrons. The molecular formula is C13H17NO3. The first kappa shape index (κ1) is 13.2. The Kier molecular flexibility index (Phi) is 5.79. The molecule has 0 aliphatic rings. The molecule has 0 aliphatic carbocycles. The molecule has 0 aromatic heterocycles. The fraction of sp³-hybridized carbons (Fsp3) is 0.385. The van der Waals surface area contributed by atoms with E-state index in [-0.39, 0.29) is 5.97 Å². The summed E-state index contributed by atoms with van der Waals surface area (Å²) in [6, 6.07) is 7.41. The Morgan fingerprint density at radius 1 is 1.35 bits per heavy atom. The van der Waals surface area contributed by atoms with E-state index in [0.29, 0.717) is 19.4 Å².